The Morgan fingerprint density at radius 2 is 1.94 bits per heavy atom. The van der Waals surface area contributed by atoms with E-state index < -0.39 is 0 Å². The Bertz CT molecular complexity index is 411. The van der Waals surface area contributed by atoms with E-state index in [9.17, 15) is 4.79 Å². The molecular formula is C15H23NO2. The first-order chi connectivity index (χ1) is 8.45. The molecule has 3 nitrogen and oxygen atoms in total. The van der Waals surface area contributed by atoms with Crippen molar-refractivity contribution in [3.63, 3.8) is 0 Å². The van der Waals surface area contributed by atoms with Gasteiger partial charge >= 0.3 is 0 Å². The van der Waals surface area contributed by atoms with Crippen LogP contribution in [-0.2, 0) is 11.3 Å². The van der Waals surface area contributed by atoms with Crippen molar-refractivity contribution < 1.29 is 9.53 Å². The van der Waals surface area contributed by atoms with Gasteiger partial charge < -0.3 is 10.1 Å². The molecule has 18 heavy (non-hydrogen) atoms. The normalized spacial score (nSPS) is 10.8. The number of carbonyl (C=O) groups excluding carboxylic acids is 1. The third-order valence-electron chi connectivity index (χ3n) is 2.96. The van der Waals surface area contributed by atoms with Crippen molar-refractivity contribution in [2.45, 2.75) is 40.2 Å². The standard InChI is InChI=1S/C15H23NO2/c1-10(2)12-6-7-13(14(8-12)18-5)9-16-15(17)11(3)4/h6-8,10-11H,9H2,1-5H3,(H,16,17). The topological polar surface area (TPSA) is 38.3 Å². The predicted molar refractivity (Wildman–Crippen MR) is 73.8 cm³/mol. The van der Waals surface area contributed by atoms with E-state index in [0.717, 1.165) is 11.3 Å². The summed E-state index contributed by atoms with van der Waals surface area (Å²) in [5, 5.41) is 2.90. The summed E-state index contributed by atoms with van der Waals surface area (Å²) in [4.78, 5) is 11.5. The summed E-state index contributed by atoms with van der Waals surface area (Å²) >= 11 is 0. The molecule has 0 aromatic heterocycles. The van der Waals surface area contributed by atoms with Crippen LogP contribution in [0.2, 0.25) is 0 Å². The largest absolute Gasteiger partial charge is 0.496 e. The Morgan fingerprint density at radius 1 is 1.28 bits per heavy atom. The molecule has 0 aliphatic carbocycles. The first-order valence-electron chi connectivity index (χ1n) is 6.40. The van der Waals surface area contributed by atoms with Gasteiger partial charge in [0.05, 0.1) is 7.11 Å². The van der Waals surface area contributed by atoms with Crippen molar-refractivity contribution in [1.82, 2.24) is 5.32 Å². The van der Waals surface area contributed by atoms with E-state index in [1.807, 2.05) is 26.0 Å². The van der Waals surface area contributed by atoms with Crippen LogP contribution in [0.1, 0.15) is 44.7 Å². The number of methoxy groups -OCH3 is 1. The maximum absolute atomic E-state index is 11.5. The van der Waals surface area contributed by atoms with E-state index in [2.05, 4.69) is 25.2 Å². The van der Waals surface area contributed by atoms with Gasteiger partial charge in [-0.3, -0.25) is 4.79 Å². The highest BCUT2D eigenvalue weighted by Gasteiger charge is 2.10. The molecule has 0 atom stereocenters. The van der Waals surface area contributed by atoms with Crippen LogP contribution >= 0.6 is 0 Å². The maximum Gasteiger partial charge on any atom is 0.222 e. The molecule has 0 fully saturated rings. The Hall–Kier alpha value is -1.51. The van der Waals surface area contributed by atoms with Gasteiger partial charge in [0.1, 0.15) is 5.75 Å². The van der Waals surface area contributed by atoms with Crippen LogP contribution in [0.15, 0.2) is 18.2 Å². The summed E-state index contributed by atoms with van der Waals surface area (Å²) in [5.74, 6) is 1.37. The van der Waals surface area contributed by atoms with Crippen molar-refractivity contribution in [2.24, 2.45) is 5.92 Å². The second kappa shape index (κ2) is 6.43. The van der Waals surface area contributed by atoms with Crippen LogP contribution in [-0.4, -0.2) is 13.0 Å². The zero-order valence-electron chi connectivity index (χ0n) is 11.9. The lowest BCUT2D eigenvalue weighted by Crippen LogP contribution is -2.27. The van der Waals surface area contributed by atoms with Crippen molar-refractivity contribution in [1.29, 1.82) is 0 Å². The summed E-state index contributed by atoms with van der Waals surface area (Å²) < 4.78 is 5.38. The number of ether oxygens (including phenoxy) is 1. The van der Waals surface area contributed by atoms with Gasteiger partial charge in [-0.15, -0.1) is 0 Å². The van der Waals surface area contributed by atoms with Gasteiger partial charge in [-0.25, -0.2) is 0 Å². The number of hydrogen-bond donors (Lipinski definition) is 1. The smallest absolute Gasteiger partial charge is 0.222 e. The van der Waals surface area contributed by atoms with Gasteiger partial charge in [-0.05, 0) is 17.5 Å². The minimum Gasteiger partial charge on any atom is -0.496 e. The molecule has 0 saturated heterocycles. The highest BCUT2D eigenvalue weighted by Crippen LogP contribution is 2.24. The number of benzene rings is 1. The fourth-order valence-corrected chi connectivity index (χ4v) is 1.65. The van der Waals surface area contributed by atoms with Gasteiger partial charge in [0.2, 0.25) is 5.91 Å². The Morgan fingerprint density at radius 3 is 2.44 bits per heavy atom. The van der Waals surface area contributed by atoms with Crippen molar-refractivity contribution in [3.8, 4) is 5.75 Å². The third kappa shape index (κ3) is 3.76. The molecule has 0 heterocycles. The molecule has 1 rings (SSSR count). The summed E-state index contributed by atoms with van der Waals surface area (Å²) in [6.45, 7) is 8.57. The molecule has 0 aliphatic heterocycles. The van der Waals surface area contributed by atoms with Gasteiger partial charge in [-0.1, -0.05) is 39.8 Å². The number of nitrogens with one attached hydrogen (secondary N) is 1. The van der Waals surface area contributed by atoms with Gasteiger partial charge in [0, 0.05) is 18.0 Å². The second-order valence-corrected chi connectivity index (χ2v) is 5.10. The highest BCUT2D eigenvalue weighted by atomic mass is 16.5. The fraction of sp³-hybridized carbons (Fsp3) is 0.533. The van der Waals surface area contributed by atoms with Crippen molar-refractivity contribution in [2.75, 3.05) is 7.11 Å². The quantitative estimate of drug-likeness (QED) is 0.871. The van der Waals surface area contributed by atoms with Gasteiger partial charge in [0.25, 0.3) is 0 Å². The van der Waals surface area contributed by atoms with Gasteiger partial charge in [0.15, 0.2) is 0 Å². The highest BCUT2D eigenvalue weighted by molar-refractivity contribution is 5.77. The summed E-state index contributed by atoms with van der Waals surface area (Å²) in [6.07, 6.45) is 0. The molecule has 0 unspecified atom stereocenters. The zero-order chi connectivity index (χ0) is 13.7. The molecule has 0 radical (unpaired) electrons. The molecular weight excluding hydrogens is 226 g/mol. The molecule has 0 aliphatic rings. The molecule has 0 spiro atoms. The first kappa shape index (κ1) is 14.6. The van der Waals surface area contributed by atoms with Crippen LogP contribution in [0, 0.1) is 5.92 Å². The average molecular weight is 249 g/mol. The van der Waals surface area contributed by atoms with E-state index in [-0.39, 0.29) is 11.8 Å². The van der Waals surface area contributed by atoms with Crippen LogP contribution in [0.5, 0.6) is 5.75 Å². The van der Waals surface area contributed by atoms with Crippen LogP contribution in [0.4, 0.5) is 0 Å². The summed E-state index contributed by atoms with van der Waals surface area (Å²) in [6, 6.07) is 6.15. The lowest BCUT2D eigenvalue weighted by molar-refractivity contribution is -0.124. The third-order valence-corrected chi connectivity index (χ3v) is 2.96. The van der Waals surface area contributed by atoms with Crippen molar-refractivity contribution >= 4 is 5.91 Å². The minimum atomic E-state index is 0.00549. The fourth-order valence-electron chi connectivity index (χ4n) is 1.65. The molecule has 0 saturated carbocycles. The zero-order valence-corrected chi connectivity index (χ0v) is 11.9. The van der Waals surface area contributed by atoms with Crippen LogP contribution in [0.3, 0.4) is 0 Å². The average Bonchev–Trinajstić information content (AvgIpc) is 2.35. The molecule has 0 bridgehead atoms. The number of rotatable bonds is 5. The Balaban J connectivity index is 2.80. The van der Waals surface area contributed by atoms with Crippen LogP contribution in [0.25, 0.3) is 0 Å². The van der Waals surface area contributed by atoms with Crippen molar-refractivity contribution in [3.05, 3.63) is 29.3 Å². The number of carbonyl (C=O) groups is 1. The van der Waals surface area contributed by atoms with E-state index in [1.54, 1.807) is 7.11 Å². The number of hydrogen-bond acceptors (Lipinski definition) is 2. The summed E-state index contributed by atoms with van der Waals surface area (Å²) in [7, 11) is 1.66. The number of amides is 1. The molecule has 1 amide bonds. The lowest BCUT2D eigenvalue weighted by atomic mass is 10.0. The van der Waals surface area contributed by atoms with E-state index >= 15 is 0 Å². The monoisotopic (exact) mass is 249 g/mol. The van der Waals surface area contributed by atoms with Crippen LogP contribution < -0.4 is 10.1 Å². The Kier molecular flexibility index (Phi) is 5.20. The Labute approximate surface area is 110 Å². The summed E-state index contributed by atoms with van der Waals surface area (Å²) in [5.41, 5.74) is 2.25. The predicted octanol–water partition coefficient (Wildman–Crippen LogP) is 3.09. The first-order valence-corrected chi connectivity index (χ1v) is 6.40. The minimum absolute atomic E-state index is 0.00549. The molecule has 1 aromatic rings. The van der Waals surface area contributed by atoms with E-state index in [4.69, 9.17) is 4.74 Å². The molecule has 100 valence electrons. The van der Waals surface area contributed by atoms with E-state index in [1.165, 1.54) is 5.56 Å². The SMILES string of the molecule is COc1cc(C(C)C)ccc1CNC(=O)C(C)C. The molecule has 3 heteroatoms. The lowest BCUT2D eigenvalue weighted by Gasteiger charge is -2.14. The second-order valence-electron chi connectivity index (χ2n) is 5.10. The molecule has 1 aromatic carbocycles. The molecule has 1 N–H and O–H groups in total. The van der Waals surface area contributed by atoms with E-state index in [0.29, 0.717) is 12.5 Å². The maximum atomic E-state index is 11.5. The van der Waals surface area contributed by atoms with Gasteiger partial charge in [-0.2, -0.15) is 0 Å².